The van der Waals surface area contributed by atoms with Gasteiger partial charge in [-0.2, -0.15) is 4.99 Å². The molecule has 0 spiro atoms. The predicted molar refractivity (Wildman–Crippen MR) is 194 cm³/mol. The van der Waals surface area contributed by atoms with Gasteiger partial charge in [-0.3, -0.25) is 29.3 Å². The first-order valence-electron chi connectivity index (χ1n) is 18.2. The number of nitrogens with one attached hydrogen (secondary N) is 3. The number of hydrogen-bond acceptors (Lipinski definition) is 8. The minimum absolute atomic E-state index is 0.142. The topological polar surface area (TPSA) is 184 Å². The number of unbranched alkanes of at least 4 members (excludes halogenated alkanes) is 4. The van der Waals surface area contributed by atoms with E-state index in [2.05, 4.69) is 27.3 Å². The first-order valence-corrected chi connectivity index (χ1v) is 20.1. The first kappa shape index (κ1) is 41.6. The number of likely N-dealkylation sites (tertiary alicyclic amines) is 2. The van der Waals surface area contributed by atoms with Gasteiger partial charge in [0.15, 0.2) is 0 Å². The number of carbonyl (C=O) groups excluding carboxylic acids is 5. The van der Waals surface area contributed by atoms with E-state index in [1.165, 1.54) is 11.8 Å². The van der Waals surface area contributed by atoms with Crippen LogP contribution in [-0.2, 0) is 45.2 Å². The largest absolute Gasteiger partial charge is 0.466 e. The number of benzene rings is 1. The van der Waals surface area contributed by atoms with E-state index < -0.39 is 28.0 Å². The van der Waals surface area contributed by atoms with Crippen LogP contribution in [0.1, 0.15) is 96.5 Å². The Bertz CT molecular complexity index is 1450. The molecule has 2 heterocycles. The van der Waals surface area contributed by atoms with Crippen LogP contribution in [0.2, 0.25) is 0 Å². The number of ether oxygens (including phenoxy) is 1. The normalized spacial score (nSPS) is 17.5. The zero-order valence-electron chi connectivity index (χ0n) is 30.4. The van der Waals surface area contributed by atoms with Gasteiger partial charge < -0.3 is 19.9 Å². The Balaban J connectivity index is 1.55. The van der Waals surface area contributed by atoms with E-state index in [9.17, 15) is 32.4 Å². The van der Waals surface area contributed by atoms with Gasteiger partial charge in [0.1, 0.15) is 12.1 Å². The van der Waals surface area contributed by atoms with Gasteiger partial charge in [-0.05, 0) is 69.3 Å². The summed E-state index contributed by atoms with van der Waals surface area (Å²) in [5, 5.41) is 5.89. The molecular formula is C36H56N6O8S. The molecule has 0 bridgehead atoms. The molecule has 0 aromatic heterocycles. The molecule has 14 nitrogen and oxygen atoms in total. The van der Waals surface area contributed by atoms with Crippen molar-refractivity contribution in [3.05, 3.63) is 35.9 Å². The molecule has 1 aromatic carbocycles. The minimum Gasteiger partial charge on any atom is -0.466 e. The summed E-state index contributed by atoms with van der Waals surface area (Å²) in [7, 11) is -3.69. The average molecular weight is 733 g/mol. The number of rotatable bonds is 18. The molecule has 0 saturated carbocycles. The van der Waals surface area contributed by atoms with Crippen LogP contribution in [0, 0.1) is 5.92 Å². The monoisotopic (exact) mass is 732 g/mol. The Morgan fingerprint density at radius 3 is 2.31 bits per heavy atom. The maximum absolute atomic E-state index is 13.6. The fraction of sp³-hybridized carbons (Fsp3) is 0.667. The van der Waals surface area contributed by atoms with E-state index in [4.69, 9.17) is 4.74 Å². The van der Waals surface area contributed by atoms with Crippen molar-refractivity contribution in [2.24, 2.45) is 10.9 Å². The Labute approximate surface area is 302 Å². The molecule has 3 rings (SSSR count). The summed E-state index contributed by atoms with van der Waals surface area (Å²) in [6, 6.07) is 7.44. The number of aliphatic imine (C=N–C) groups is 1. The van der Waals surface area contributed by atoms with E-state index in [1.807, 2.05) is 35.2 Å². The summed E-state index contributed by atoms with van der Waals surface area (Å²) < 4.78 is 31.7. The third-order valence-electron chi connectivity index (χ3n) is 9.08. The van der Waals surface area contributed by atoms with Crippen LogP contribution in [0.3, 0.4) is 0 Å². The van der Waals surface area contributed by atoms with Crippen molar-refractivity contribution in [2.45, 2.75) is 109 Å². The SMILES string of the molecule is CCCCCC(=O)N/C(=N\C(=O)CCCCCOC(C)=O)N1CCC(CNC(=O)[C@@H]2CCCN2C(=O)[C@@H](Cc2ccccc2)NS(C)(=O)=O)CC1. The number of nitrogens with zero attached hydrogens (tertiary/aromatic N) is 3. The second-order valence-corrected chi connectivity index (χ2v) is 15.3. The molecule has 4 amide bonds. The Morgan fingerprint density at radius 1 is 0.941 bits per heavy atom. The van der Waals surface area contributed by atoms with Gasteiger partial charge in [-0.1, -0.05) is 50.1 Å². The Hall–Kier alpha value is -3.85. The molecule has 3 N–H and O–H groups in total. The van der Waals surface area contributed by atoms with E-state index in [0.717, 1.165) is 31.1 Å². The van der Waals surface area contributed by atoms with Crippen LogP contribution in [0.25, 0.3) is 0 Å². The lowest BCUT2D eigenvalue weighted by atomic mass is 9.96. The Morgan fingerprint density at radius 2 is 1.65 bits per heavy atom. The zero-order valence-corrected chi connectivity index (χ0v) is 31.2. The van der Waals surface area contributed by atoms with Crippen LogP contribution in [-0.4, -0.2) is 105 Å². The van der Waals surface area contributed by atoms with Crippen molar-refractivity contribution in [1.82, 2.24) is 25.2 Å². The average Bonchev–Trinajstić information content (AvgIpc) is 3.58. The summed E-state index contributed by atoms with van der Waals surface area (Å²) in [6.07, 6.45) is 8.90. The number of hydrogen-bond donors (Lipinski definition) is 3. The second-order valence-electron chi connectivity index (χ2n) is 13.5. The second kappa shape index (κ2) is 21.5. The lowest BCUT2D eigenvalue weighted by Gasteiger charge is -2.34. The maximum Gasteiger partial charge on any atom is 0.302 e. The van der Waals surface area contributed by atoms with Crippen molar-refractivity contribution in [3.8, 4) is 0 Å². The van der Waals surface area contributed by atoms with Crippen LogP contribution in [0.15, 0.2) is 35.3 Å². The molecule has 2 fully saturated rings. The number of carbonyl (C=O) groups is 5. The first-order chi connectivity index (χ1) is 24.4. The quantitative estimate of drug-likeness (QED) is 0.0884. The van der Waals surface area contributed by atoms with E-state index in [-0.39, 0.29) is 48.4 Å². The number of esters is 1. The van der Waals surface area contributed by atoms with Crippen LogP contribution in [0.4, 0.5) is 0 Å². The van der Waals surface area contributed by atoms with Crippen molar-refractivity contribution in [3.63, 3.8) is 0 Å². The summed E-state index contributed by atoms with van der Waals surface area (Å²) in [4.78, 5) is 71.1. The summed E-state index contributed by atoms with van der Waals surface area (Å²) in [5.74, 6) is -1.12. The number of amides is 4. The highest BCUT2D eigenvalue weighted by Crippen LogP contribution is 2.22. The maximum atomic E-state index is 13.6. The molecule has 2 aliphatic rings. The van der Waals surface area contributed by atoms with Gasteiger partial charge in [-0.15, -0.1) is 0 Å². The third kappa shape index (κ3) is 15.5. The number of sulfonamides is 1. The van der Waals surface area contributed by atoms with Gasteiger partial charge in [0.25, 0.3) is 0 Å². The van der Waals surface area contributed by atoms with E-state index in [0.29, 0.717) is 84.2 Å². The van der Waals surface area contributed by atoms with Gasteiger partial charge in [0.2, 0.25) is 39.6 Å². The Kier molecular flexibility index (Phi) is 17.5. The molecule has 284 valence electrons. The van der Waals surface area contributed by atoms with Crippen LogP contribution < -0.4 is 15.4 Å². The summed E-state index contributed by atoms with van der Waals surface area (Å²) in [6.45, 7) is 5.58. The van der Waals surface area contributed by atoms with Crippen molar-refractivity contribution in [1.29, 1.82) is 0 Å². The van der Waals surface area contributed by atoms with Gasteiger partial charge in [0.05, 0.1) is 12.9 Å². The van der Waals surface area contributed by atoms with Crippen LogP contribution >= 0.6 is 0 Å². The molecule has 0 aliphatic carbocycles. The fourth-order valence-corrected chi connectivity index (χ4v) is 7.05. The summed E-state index contributed by atoms with van der Waals surface area (Å²) >= 11 is 0. The molecule has 15 heteroatoms. The third-order valence-corrected chi connectivity index (χ3v) is 9.80. The lowest BCUT2D eigenvalue weighted by molar-refractivity contribution is -0.141. The number of piperidine rings is 1. The molecule has 0 unspecified atom stereocenters. The molecule has 2 atom stereocenters. The van der Waals surface area contributed by atoms with Gasteiger partial charge in [-0.25, -0.2) is 13.1 Å². The highest BCUT2D eigenvalue weighted by molar-refractivity contribution is 7.88. The minimum atomic E-state index is -3.69. The number of guanidine groups is 1. The van der Waals surface area contributed by atoms with Crippen molar-refractivity contribution in [2.75, 3.05) is 39.0 Å². The predicted octanol–water partition coefficient (Wildman–Crippen LogP) is 2.67. The highest BCUT2D eigenvalue weighted by Gasteiger charge is 2.38. The fourth-order valence-electron chi connectivity index (χ4n) is 6.35. The van der Waals surface area contributed by atoms with Crippen molar-refractivity contribution < 1.29 is 37.1 Å². The highest BCUT2D eigenvalue weighted by atomic mass is 32.2. The van der Waals surface area contributed by atoms with Gasteiger partial charge in [0, 0.05) is 45.9 Å². The van der Waals surface area contributed by atoms with E-state index in [1.54, 1.807) is 0 Å². The smallest absolute Gasteiger partial charge is 0.302 e. The molecule has 0 radical (unpaired) electrons. The van der Waals surface area contributed by atoms with Gasteiger partial charge >= 0.3 is 5.97 Å². The van der Waals surface area contributed by atoms with Crippen molar-refractivity contribution >= 4 is 45.6 Å². The zero-order chi connectivity index (χ0) is 37.2. The lowest BCUT2D eigenvalue weighted by Crippen LogP contribution is -2.54. The molecule has 2 saturated heterocycles. The molecular weight excluding hydrogens is 676 g/mol. The standard InChI is InChI=1S/C36H56N6O8S/c1-4-5-8-17-32(44)38-36(39-33(45)18-11-7-12-24-50-27(2)43)41-22-19-29(20-23-41)26-37-34(46)31-16-13-21-42(31)35(47)30(40-51(3,48)49)25-28-14-9-6-10-15-28/h6,9-10,14-15,29-31,40H,4-5,7-8,11-13,16-26H2,1-3H3,(H,37,46)(H,38,39,44,45)/t30-,31+/m1/s1. The molecule has 1 aromatic rings. The van der Waals surface area contributed by atoms with Crippen LogP contribution in [0.5, 0.6) is 0 Å². The van der Waals surface area contributed by atoms with E-state index >= 15 is 0 Å². The summed E-state index contributed by atoms with van der Waals surface area (Å²) in [5.41, 5.74) is 0.806. The molecule has 2 aliphatic heterocycles. The molecule has 51 heavy (non-hydrogen) atoms.